The quantitative estimate of drug-likeness (QED) is 0.589. The van der Waals surface area contributed by atoms with E-state index in [-0.39, 0.29) is 12.4 Å². The number of benzene rings is 1. The summed E-state index contributed by atoms with van der Waals surface area (Å²) in [6, 6.07) is 8.24. The molecule has 1 heterocycles. The Morgan fingerprint density at radius 3 is 2.58 bits per heavy atom. The number of aromatic amines is 1. The Morgan fingerprint density at radius 2 is 1.83 bits per heavy atom. The highest BCUT2D eigenvalue weighted by atomic mass is 79.9. The summed E-state index contributed by atoms with van der Waals surface area (Å²) in [6.07, 6.45) is 3.92. The van der Waals surface area contributed by atoms with Gasteiger partial charge in [0.25, 0.3) is 0 Å². The summed E-state index contributed by atoms with van der Waals surface area (Å²) in [5, 5.41) is 2.47. The lowest BCUT2D eigenvalue weighted by atomic mass is 10.2. The average molecular weight is 245 g/mol. The number of fused-ring (bicyclic) bond motifs is 1. The topological polar surface area (TPSA) is 14.1 Å². The van der Waals surface area contributed by atoms with Crippen LogP contribution in [0.2, 0.25) is 0 Å². The van der Waals surface area contributed by atoms with Crippen LogP contribution in [-0.4, -0.2) is 0 Å². The highest BCUT2D eigenvalue weighted by molar-refractivity contribution is 9.10. The third kappa shape index (κ3) is 1.59. The van der Waals surface area contributed by atoms with Crippen molar-refractivity contribution in [1.82, 2.24) is 0 Å². The van der Waals surface area contributed by atoms with Gasteiger partial charge in [-0.3, -0.25) is 0 Å². The van der Waals surface area contributed by atoms with Crippen molar-refractivity contribution in [2.75, 3.05) is 0 Å². The van der Waals surface area contributed by atoms with Crippen molar-refractivity contribution in [2.24, 2.45) is 0 Å². The van der Waals surface area contributed by atoms with Crippen LogP contribution in [0.3, 0.4) is 0 Å². The molecule has 1 aromatic heterocycles. The van der Waals surface area contributed by atoms with E-state index in [9.17, 15) is 0 Å². The molecule has 0 aliphatic heterocycles. The van der Waals surface area contributed by atoms with Crippen LogP contribution in [0.1, 0.15) is 0 Å². The first-order valence-corrected chi connectivity index (χ1v) is 4.21. The number of H-pyrrole nitrogens is 1. The minimum Gasteiger partial charge on any atom is -1.00 e. The molecule has 2 rings (SSSR count). The molecule has 0 radical (unpaired) electrons. The van der Waals surface area contributed by atoms with Gasteiger partial charge < -0.3 is 12.4 Å². The fourth-order valence-electron chi connectivity index (χ4n) is 1.12. The van der Waals surface area contributed by atoms with Crippen molar-refractivity contribution in [2.45, 2.75) is 0 Å². The molecular formula is C9H7BrClN. The minimum absolute atomic E-state index is 0. The Kier molecular flexibility index (Phi) is 3.06. The Balaban J connectivity index is 0.000000720. The molecule has 0 bridgehead atoms. The second kappa shape index (κ2) is 3.87. The van der Waals surface area contributed by atoms with Gasteiger partial charge in [0.15, 0.2) is 12.4 Å². The van der Waals surface area contributed by atoms with Crippen LogP contribution in [0, 0.1) is 0 Å². The number of pyridine rings is 1. The second-order valence-electron chi connectivity index (χ2n) is 2.39. The molecule has 2 aromatic rings. The number of aromatic nitrogens is 1. The van der Waals surface area contributed by atoms with Crippen molar-refractivity contribution < 1.29 is 17.4 Å². The van der Waals surface area contributed by atoms with Gasteiger partial charge in [-0.2, -0.15) is 0 Å². The van der Waals surface area contributed by atoms with Crippen molar-refractivity contribution in [1.29, 1.82) is 0 Å². The van der Waals surface area contributed by atoms with E-state index in [1.807, 2.05) is 24.5 Å². The molecule has 62 valence electrons. The van der Waals surface area contributed by atoms with E-state index in [0.29, 0.717) is 0 Å². The van der Waals surface area contributed by atoms with Crippen LogP contribution in [-0.2, 0) is 0 Å². The molecule has 3 heteroatoms. The molecular weight excluding hydrogens is 237 g/mol. The van der Waals surface area contributed by atoms with Gasteiger partial charge >= 0.3 is 0 Å². The summed E-state index contributed by atoms with van der Waals surface area (Å²) in [5.74, 6) is 0. The summed E-state index contributed by atoms with van der Waals surface area (Å²) in [7, 11) is 0. The lowest BCUT2D eigenvalue weighted by Crippen LogP contribution is -3.00. The molecule has 0 fully saturated rings. The zero-order valence-corrected chi connectivity index (χ0v) is 8.56. The van der Waals surface area contributed by atoms with E-state index in [0.717, 1.165) is 4.47 Å². The van der Waals surface area contributed by atoms with Crippen molar-refractivity contribution in [3.05, 3.63) is 41.1 Å². The fourth-order valence-corrected chi connectivity index (χ4v) is 1.62. The lowest BCUT2D eigenvalue weighted by Gasteiger charge is -1.92. The average Bonchev–Trinajstić information content (AvgIpc) is 2.06. The van der Waals surface area contributed by atoms with Gasteiger partial charge in [-0.15, -0.1) is 0 Å². The third-order valence-electron chi connectivity index (χ3n) is 1.67. The zero-order chi connectivity index (χ0) is 7.68. The molecule has 0 saturated heterocycles. The minimum atomic E-state index is 0. The Morgan fingerprint density at radius 1 is 1.08 bits per heavy atom. The highest BCUT2D eigenvalue weighted by Crippen LogP contribution is 2.19. The summed E-state index contributed by atoms with van der Waals surface area (Å²) >= 11 is 3.47. The van der Waals surface area contributed by atoms with Gasteiger partial charge in [0.05, 0.1) is 4.47 Å². The Labute approximate surface area is 85.4 Å². The van der Waals surface area contributed by atoms with Gasteiger partial charge in [-0.05, 0) is 22.0 Å². The van der Waals surface area contributed by atoms with Crippen LogP contribution >= 0.6 is 15.9 Å². The summed E-state index contributed by atoms with van der Waals surface area (Å²) in [6.45, 7) is 0. The second-order valence-corrected chi connectivity index (χ2v) is 3.24. The van der Waals surface area contributed by atoms with Crippen molar-refractivity contribution >= 4 is 26.7 Å². The Hall–Kier alpha value is -0.600. The predicted molar refractivity (Wildman–Crippen MR) is 48.2 cm³/mol. The highest BCUT2D eigenvalue weighted by Gasteiger charge is 1.98. The van der Waals surface area contributed by atoms with Crippen molar-refractivity contribution in [3.8, 4) is 0 Å². The van der Waals surface area contributed by atoms with Gasteiger partial charge in [0, 0.05) is 10.8 Å². The van der Waals surface area contributed by atoms with Gasteiger partial charge in [-0.1, -0.05) is 18.2 Å². The number of hydrogen-bond acceptors (Lipinski definition) is 0. The first kappa shape index (κ1) is 9.49. The van der Waals surface area contributed by atoms with E-state index >= 15 is 0 Å². The molecule has 1 nitrogen and oxygen atoms in total. The number of rotatable bonds is 0. The summed E-state index contributed by atoms with van der Waals surface area (Å²) in [5.41, 5.74) is 0. The third-order valence-corrected chi connectivity index (χ3v) is 2.32. The Bertz CT molecular complexity index is 384. The fraction of sp³-hybridized carbons (Fsp3) is 0. The number of nitrogens with one attached hydrogen (secondary N) is 1. The molecule has 1 N–H and O–H groups in total. The van der Waals surface area contributed by atoms with Crippen LogP contribution < -0.4 is 17.4 Å². The SMILES string of the molecule is Brc1c[nH+]cc2ccccc12.[Cl-]. The van der Waals surface area contributed by atoms with Gasteiger partial charge in [0.1, 0.15) is 0 Å². The first-order chi connectivity index (χ1) is 5.38. The van der Waals surface area contributed by atoms with Crippen LogP contribution in [0.4, 0.5) is 0 Å². The summed E-state index contributed by atoms with van der Waals surface area (Å²) in [4.78, 5) is 3.06. The molecule has 12 heavy (non-hydrogen) atoms. The monoisotopic (exact) mass is 243 g/mol. The molecule has 0 amide bonds. The lowest BCUT2D eigenvalue weighted by molar-refractivity contribution is -0.376. The molecule has 0 aliphatic rings. The van der Waals surface area contributed by atoms with Gasteiger partial charge in [0.2, 0.25) is 0 Å². The van der Waals surface area contributed by atoms with E-state index in [1.54, 1.807) is 0 Å². The number of halogens is 2. The molecule has 0 spiro atoms. The molecule has 0 saturated carbocycles. The maximum atomic E-state index is 3.47. The van der Waals surface area contributed by atoms with E-state index in [4.69, 9.17) is 0 Å². The smallest absolute Gasteiger partial charge is 0.181 e. The van der Waals surface area contributed by atoms with Crippen LogP contribution in [0.5, 0.6) is 0 Å². The van der Waals surface area contributed by atoms with E-state index < -0.39 is 0 Å². The molecule has 0 aliphatic carbocycles. The molecule has 0 atom stereocenters. The van der Waals surface area contributed by atoms with E-state index in [2.05, 4.69) is 33.0 Å². The zero-order valence-electron chi connectivity index (χ0n) is 6.22. The summed E-state index contributed by atoms with van der Waals surface area (Å²) < 4.78 is 1.11. The van der Waals surface area contributed by atoms with Gasteiger partial charge in [-0.25, -0.2) is 4.98 Å². The normalized spacial score (nSPS) is 9.42. The molecule has 1 aromatic carbocycles. The maximum Gasteiger partial charge on any atom is 0.181 e. The number of hydrogen-bond donors (Lipinski definition) is 0. The standard InChI is InChI=1S/C9H6BrN.ClH/c10-9-6-11-5-7-3-1-2-4-8(7)9;/h1-6H;1H. The first-order valence-electron chi connectivity index (χ1n) is 3.42. The van der Waals surface area contributed by atoms with E-state index in [1.165, 1.54) is 10.8 Å². The molecule has 0 unspecified atom stereocenters. The van der Waals surface area contributed by atoms with Crippen molar-refractivity contribution in [3.63, 3.8) is 0 Å². The maximum absolute atomic E-state index is 3.47. The predicted octanol–water partition coefficient (Wildman–Crippen LogP) is -0.580. The van der Waals surface area contributed by atoms with Crippen LogP contribution in [0.15, 0.2) is 41.1 Å². The largest absolute Gasteiger partial charge is 1.00 e. The van der Waals surface area contributed by atoms with Crippen LogP contribution in [0.25, 0.3) is 10.8 Å².